The average Bonchev–Trinajstić information content (AvgIpc) is 3.17. The first kappa shape index (κ1) is 19.3. The van der Waals surface area contributed by atoms with Crippen LogP contribution in [-0.4, -0.2) is 19.0 Å². The number of halogens is 2. The Labute approximate surface area is 168 Å². The molecule has 1 amide bonds. The van der Waals surface area contributed by atoms with Gasteiger partial charge in [-0.3, -0.25) is 4.79 Å². The summed E-state index contributed by atoms with van der Waals surface area (Å²) < 4.78 is 5.67. The number of hydrogen-bond donors (Lipinski definition) is 1. The van der Waals surface area contributed by atoms with Gasteiger partial charge < -0.3 is 14.6 Å². The molecular weight excluding hydrogens is 383 g/mol. The molecule has 0 bridgehead atoms. The maximum Gasteiger partial charge on any atom is 0.291 e. The van der Waals surface area contributed by atoms with E-state index < -0.39 is 0 Å². The Morgan fingerprint density at radius 1 is 0.963 bits per heavy atom. The van der Waals surface area contributed by atoms with Crippen LogP contribution in [-0.2, 0) is 0 Å². The smallest absolute Gasteiger partial charge is 0.291 e. The molecule has 0 fully saturated rings. The van der Waals surface area contributed by atoms with E-state index in [1.54, 1.807) is 30.3 Å². The fourth-order valence-electron chi connectivity index (χ4n) is 2.80. The van der Waals surface area contributed by atoms with Gasteiger partial charge in [-0.2, -0.15) is 0 Å². The van der Waals surface area contributed by atoms with Crippen molar-refractivity contribution in [3.05, 3.63) is 70.4 Å². The summed E-state index contributed by atoms with van der Waals surface area (Å²) in [6, 6.07) is 16.3. The molecule has 1 heterocycles. The largest absolute Gasteiger partial charge is 0.451 e. The molecule has 6 heteroatoms. The molecule has 0 saturated heterocycles. The van der Waals surface area contributed by atoms with Crippen LogP contribution in [0.3, 0.4) is 0 Å². The lowest BCUT2D eigenvalue weighted by molar-refractivity contribution is 0.0997. The highest BCUT2D eigenvalue weighted by Gasteiger charge is 2.13. The third-order valence-corrected chi connectivity index (χ3v) is 5.03. The Bertz CT molecular complexity index is 932. The van der Waals surface area contributed by atoms with Gasteiger partial charge in [-0.05, 0) is 68.4 Å². The number of rotatable bonds is 6. The van der Waals surface area contributed by atoms with E-state index in [9.17, 15) is 4.79 Å². The van der Waals surface area contributed by atoms with Gasteiger partial charge in [0.1, 0.15) is 5.76 Å². The second kappa shape index (κ2) is 8.51. The molecule has 1 N–H and O–H groups in total. The summed E-state index contributed by atoms with van der Waals surface area (Å²) >= 11 is 12.0. The zero-order valence-corrected chi connectivity index (χ0v) is 16.6. The number of nitrogens with one attached hydrogen (secondary N) is 1. The van der Waals surface area contributed by atoms with Gasteiger partial charge in [-0.1, -0.05) is 23.2 Å². The molecule has 1 aromatic heterocycles. The van der Waals surface area contributed by atoms with E-state index in [4.69, 9.17) is 27.6 Å². The molecule has 0 aliphatic rings. The zero-order chi connectivity index (χ0) is 19.4. The van der Waals surface area contributed by atoms with Gasteiger partial charge in [0.15, 0.2) is 5.76 Å². The number of benzene rings is 2. The molecule has 0 saturated carbocycles. The van der Waals surface area contributed by atoms with Gasteiger partial charge in [0.2, 0.25) is 0 Å². The highest BCUT2D eigenvalue weighted by Crippen LogP contribution is 2.29. The fraction of sp³-hybridized carbons (Fsp3) is 0.190. The van der Waals surface area contributed by atoms with Crippen molar-refractivity contribution in [3.8, 4) is 11.3 Å². The van der Waals surface area contributed by atoms with Gasteiger partial charge in [-0.15, -0.1) is 0 Å². The first-order chi connectivity index (χ1) is 13.0. The first-order valence-electron chi connectivity index (χ1n) is 8.73. The predicted molar refractivity (Wildman–Crippen MR) is 112 cm³/mol. The van der Waals surface area contributed by atoms with Crippen molar-refractivity contribution >= 4 is 40.5 Å². The van der Waals surface area contributed by atoms with Crippen LogP contribution >= 0.6 is 23.2 Å². The first-order valence-corrected chi connectivity index (χ1v) is 9.49. The van der Waals surface area contributed by atoms with Crippen molar-refractivity contribution in [2.75, 3.05) is 23.3 Å². The van der Waals surface area contributed by atoms with E-state index >= 15 is 0 Å². The minimum Gasteiger partial charge on any atom is -0.451 e. The lowest BCUT2D eigenvalue weighted by Crippen LogP contribution is -2.21. The number of anilines is 2. The van der Waals surface area contributed by atoms with Crippen LogP contribution in [0.2, 0.25) is 10.0 Å². The molecule has 140 valence electrons. The number of amides is 1. The Kier molecular flexibility index (Phi) is 6.09. The van der Waals surface area contributed by atoms with Crippen LogP contribution in [0.4, 0.5) is 11.4 Å². The Morgan fingerprint density at radius 3 is 2.30 bits per heavy atom. The summed E-state index contributed by atoms with van der Waals surface area (Å²) in [6.45, 7) is 6.10. The van der Waals surface area contributed by atoms with Crippen molar-refractivity contribution in [3.63, 3.8) is 0 Å². The maximum absolute atomic E-state index is 12.4. The molecule has 3 rings (SSSR count). The molecule has 0 spiro atoms. The normalized spacial score (nSPS) is 10.7. The van der Waals surface area contributed by atoms with E-state index in [0.29, 0.717) is 21.5 Å². The van der Waals surface area contributed by atoms with Gasteiger partial charge in [0.05, 0.1) is 10.0 Å². The standard InChI is InChI=1S/C21H20Cl2N2O2/c1-3-25(4-2)16-8-6-15(7-9-16)24-21(26)20-12-11-19(27-20)14-5-10-17(22)18(23)13-14/h5-13H,3-4H2,1-2H3,(H,24,26). The third-order valence-electron chi connectivity index (χ3n) is 4.29. The minimum atomic E-state index is -0.308. The van der Waals surface area contributed by atoms with Gasteiger partial charge >= 0.3 is 0 Å². The van der Waals surface area contributed by atoms with Crippen molar-refractivity contribution in [1.82, 2.24) is 0 Å². The summed E-state index contributed by atoms with van der Waals surface area (Å²) in [7, 11) is 0. The summed E-state index contributed by atoms with van der Waals surface area (Å²) in [5, 5.41) is 3.75. The van der Waals surface area contributed by atoms with Gasteiger partial charge in [-0.25, -0.2) is 0 Å². The lowest BCUT2D eigenvalue weighted by Gasteiger charge is -2.21. The van der Waals surface area contributed by atoms with Gasteiger partial charge in [0, 0.05) is 30.0 Å². The van der Waals surface area contributed by atoms with Crippen LogP contribution in [0.5, 0.6) is 0 Å². The van der Waals surface area contributed by atoms with Crippen LogP contribution in [0.25, 0.3) is 11.3 Å². The van der Waals surface area contributed by atoms with Crippen LogP contribution in [0.1, 0.15) is 24.4 Å². The van der Waals surface area contributed by atoms with Crippen molar-refractivity contribution in [2.24, 2.45) is 0 Å². The molecule has 0 aliphatic carbocycles. The predicted octanol–water partition coefficient (Wildman–Crippen LogP) is 6.35. The summed E-state index contributed by atoms with van der Waals surface area (Å²) in [5.74, 6) is 0.469. The quantitative estimate of drug-likeness (QED) is 0.522. The third kappa shape index (κ3) is 4.46. The highest BCUT2D eigenvalue weighted by atomic mass is 35.5. The van der Waals surface area contributed by atoms with Crippen LogP contribution in [0.15, 0.2) is 59.0 Å². The van der Waals surface area contributed by atoms with Crippen molar-refractivity contribution in [1.29, 1.82) is 0 Å². The topological polar surface area (TPSA) is 45.5 Å². The van der Waals surface area contributed by atoms with E-state index in [-0.39, 0.29) is 11.7 Å². The number of nitrogens with zero attached hydrogens (tertiary/aromatic N) is 1. The van der Waals surface area contributed by atoms with E-state index in [0.717, 1.165) is 24.3 Å². The number of hydrogen-bond acceptors (Lipinski definition) is 3. The Balaban J connectivity index is 1.71. The molecule has 2 aromatic carbocycles. The molecule has 0 atom stereocenters. The Hall–Kier alpha value is -2.43. The SMILES string of the molecule is CCN(CC)c1ccc(NC(=O)c2ccc(-c3ccc(Cl)c(Cl)c3)o2)cc1. The number of furan rings is 1. The summed E-state index contributed by atoms with van der Waals surface area (Å²) in [6.07, 6.45) is 0. The number of carbonyl (C=O) groups excluding carboxylic acids is 1. The summed E-state index contributed by atoms with van der Waals surface area (Å²) in [5.41, 5.74) is 2.59. The van der Waals surface area contributed by atoms with E-state index in [1.165, 1.54) is 0 Å². The highest BCUT2D eigenvalue weighted by molar-refractivity contribution is 6.42. The fourth-order valence-corrected chi connectivity index (χ4v) is 3.10. The van der Waals surface area contributed by atoms with Crippen molar-refractivity contribution in [2.45, 2.75) is 13.8 Å². The number of carbonyl (C=O) groups is 1. The van der Waals surface area contributed by atoms with Gasteiger partial charge in [0.25, 0.3) is 5.91 Å². The second-order valence-electron chi connectivity index (χ2n) is 5.97. The van der Waals surface area contributed by atoms with E-state index in [1.807, 2.05) is 24.3 Å². The lowest BCUT2D eigenvalue weighted by atomic mass is 10.2. The monoisotopic (exact) mass is 402 g/mol. The van der Waals surface area contributed by atoms with E-state index in [2.05, 4.69) is 24.1 Å². The molecule has 27 heavy (non-hydrogen) atoms. The summed E-state index contributed by atoms with van der Waals surface area (Å²) in [4.78, 5) is 14.7. The molecule has 0 radical (unpaired) electrons. The van der Waals surface area contributed by atoms with Crippen LogP contribution in [0, 0.1) is 0 Å². The molecule has 3 aromatic rings. The molecule has 4 nitrogen and oxygen atoms in total. The molecular formula is C21H20Cl2N2O2. The second-order valence-corrected chi connectivity index (χ2v) is 6.78. The maximum atomic E-state index is 12.4. The van der Waals surface area contributed by atoms with Crippen molar-refractivity contribution < 1.29 is 9.21 Å². The average molecular weight is 403 g/mol. The molecule has 0 unspecified atom stereocenters. The van der Waals surface area contributed by atoms with Crippen LogP contribution < -0.4 is 10.2 Å². The minimum absolute atomic E-state index is 0.226. The Morgan fingerprint density at radius 2 is 1.67 bits per heavy atom. The molecule has 0 aliphatic heterocycles. The zero-order valence-electron chi connectivity index (χ0n) is 15.1.